The highest BCUT2D eigenvalue weighted by atomic mass is 16.6. The number of piperidine rings is 2. The Bertz CT molecular complexity index is 506. The molecule has 2 saturated heterocycles. The van der Waals surface area contributed by atoms with Crippen molar-refractivity contribution < 1.29 is 4.92 Å². The molecule has 1 aromatic rings. The highest BCUT2D eigenvalue weighted by Crippen LogP contribution is 2.35. The van der Waals surface area contributed by atoms with Crippen LogP contribution in [0.4, 0.5) is 11.4 Å². The van der Waals surface area contributed by atoms with Gasteiger partial charge in [0.25, 0.3) is 5.69 Å². The summed E-state index contributed by atoms with van der Waals surface area (Å²) in [5.74, 6) is 0.316. The largest absolute Gasteiger partial charge is 0.372 e. The van der Waals surface area contributed by atoms with Crippen LogP contribution in [0.15, 0.2) is 18.2 Å². The lowest BCUT2D eigenvalue weighted by molar-refractivity contribution is -0.385. The quantitative estimate of drug-likeness (QED) is 0.686. The molecular weight excluding hydrogens is 266 g/mol. The number of nitrogens with one attached hydrogen (secondary N) is 1. The molecule has 0 radical (unpaired) electrons. The lowest BCUT2D eigenvalue weighted by Gasteiger charge is -2.30. The number of hydrogen-bond acceptors (Lipinski definition) is 4. The molecule has 2 heterocycles. The van der Waals surface area contributed by atoms with Gasteiger partial charge < -0.3 is 10.2 Å². The summed E-state index contributed by atoms with van der Waals surface area (Å²) in [5, 5.41) is 14.7. The van der Waals surface area contributed by atoms with Gasteiger partial charge in [-0.15, -0.1) is 0 Å². The van der Waals surface area contributed by atoms with Crippen LogP contribution in [-0.2, 0) is 0 Å². The van der Waals surface area contributed by atoms with Crippen molar-refractivity contribution in [1.29, 1.82) is 0 Å². The molecule has 0 saturated carbocycles. The zero-order valence-electron chi connectivity index (χ0n) is 12.4. The molecule has 0 spiro atoms. The molecule has 0 aliphatic carbocycles. The molecule has 21 heavy (non-hydrogen) atoms. The molecule has 0 bridgehead atoms. The highest BCUT2D eigenvalue weighted by Gasteiger charge is 2.25. The molecule has 3 rings (SSSR count). The van der Waals surface area contributed by atoms with Gasteiger partial charge in [0, 0.05) is 30.4 Å². The van der Waals surface area contributed by atoms with Gasteiger partial charge in [-0.2, -0.15) is 0 Å². The van der Waals surface area contributed by atoms with E-state index in [4.69, 9.17) is 0 Å². The highest BCUT2D eigenvalue weighted by molar-refractivity contribution is 5.57. The first-order chi connectivity index (χ1) is 10.3. The molecule has 0 atom stereocenters. The molecule has 0 unspecified atom stereocenters. The fraction of sp³-hybridized carbons (Fsp3) is 0.625. The van der Waals surface area contributed by atoms with Crippen LogP contribution in [0.5, 0.6) is 0 Å². The third kappa shape index (κ3) is 3.18. The van der Waals surface area contributed by atoms with Crippen LogP contribution in [0, 0.1) is 10.1 Å². The van der Waals surface area contributed by atoms with Crippen molar-refractivity contribution in [2.24, 2.45) is 0 Å². The van der Waals surface area contributed by atoms with E-state index in [9.17, 15) is 10.1 Å². The summed E-state index contributed by atoms with van der Waals surface area (Å²) in [4.78, 5) is 13.5. The Morgan fingerprint density at radius 3 is 2.52 bits per heavy atom. The Balaban J connectivity index is 1.91. The van der Waals surface area contributed by atoms with Crippen LogP contribution in [0.1, 0.15) is 43.6 Å². The number of anilines is 1. The number of hydrogen-bond donors (Lipinski definition) is 1. The van der Waals surface area contributed by atoms with Crippen LogP contribution < -0.4 is 10.2 Å². The van der Waals surface area contributed by atoms with Crippen LogP contribution in [-0.4, -0.2) is 31.1 Å². The number of benzene rings is 1. The minimum Gasteiger partial charge on any atom is -0.372 e. The molecule has 2 aliphatic rings. The van der Waals surface area contributed by atoms with Crippen LogP contribution in [0.2, 0.25) is 0 Å². The normalized spacial score (nSPS) is 20.5. The maximum atomic E-state index is 11.3. The number of nitro groups is 1. The number of nitro benzene ring substituents is 1. The van der Waals surface area contributed by atoms with E-state index in [1.165, 1.54) is 19.3 Å². The fourth-order valence-electron chi connectivity index (χ4n) is 3.52. The fourth-order valence-corrected chi connectivity index (χ4v) is 3.52. The molecule has 1 N–H and O–H groups in total. The van der Waals surface area contributed by atoms with Crippen molar-refractivity contribution in [2.45, 2.75) is 38.0 Å². The van der Waals surface area contributed by atoms with Crippen molar-refractivity contribution in [1.82, 2.24) is 5.32 Å². The monoisotopic (exact) mass is 289 g/mol. The Labute approximate surface area is 125 Å². The van der Waals surface area contributed by atoms with Crippen molar-refractivity contribution in [3.63, 3.8) is 0 Å². The summed E-state index contributed by atoms with van der Waals surface area (Å²) in [5.41, 5.74) is 2.39. The first-order valence-electron chi connectivity index (χ1n) is 8.00. The molecule has 0 aromatic heterocycles. The molecule has 2 fully saturated rings. The first kappa shape index (κ1) is 14.3. The van der Waals surface area contributed by atoms with Gasteiger partial charge in [-0.3, -0.25) is 10.1 Å². The lowest BCUT2D eigenvalue weighted by Crippen LogP contribution is -2.30. The molecule has 5 heteroatoms. The Hall–Kier alpha value is -1.62. The van der Waals surface area contributed by atoms with Gasteiger partial charge in [-0.05, 0) is 63.2 Å². The molecule has 0 amide bonds. The number of rotatable bonds is 3. The van der Waals surface area contributed by atoms with Gasteiger partial charge in [-0.1, -0.05) is 0 Å². The van der Waals surface area contributed by atoms with Crippen molar-refractivity contribution >= 4 is 11.4 Å². The van der Waals surface area contributed by atoms with E-state index in [0.29, 0.717) is 11.6 Å². The predicted octanol–water partition coefficient (Wildman–Crippen LogP) is 3.05. The van der Waals surface area contributed by atoms with E-state index in [-0.39, 0.29) is 4.92 Å². The average molecular weight is 289 g/mol. The second kappa shape index (κ2) is 6.43. The average Bonchev–Trinajstić information content (AvgIpc) is 2.56. The molecule has 2 aliphatic heterocycles. The SMILES string of the molecule is O=[N+]([O-])c1ccc(N2CCCCC2)cc1C1CCNCC1. The van der Waals surface area contributed by atoms with Gasteiger partial charge >= 0.3 is 0 Å². The lowest BCUT2D eigenvalue weighted by atomic mass is 9.88. The smallest absolute Gasteiger partial charge is 0.273 e. The molecule has 1 aromatic carbocycles. The zero-order chi connectivity index (χ0) is 14.7. The van der Waals surface area contributed by atoms with Crippen molar-refractivity contribution in [3.8, 4) is 0 Å². The van der Waals surface area contributed by atoms with E-state index in [1.54, 1.807) is 6.07 Å². The standard InChI is InChI=1S/C16H23N3O2/c20-19(21)16-5-4-14(18-10-2-1-3-11-18)12-15(16)13-6-8-17-9-7-13/h4-5,12-13,17H,1-3,6-11H2. The molecular formula is C16H23N3O2. The van der Waals surface area contributed by atoms with Crippen LogP contribution >= 0.6 is 0 Å². The minimum absolute atomic E-state index is 0.225. The van der Waals surface area contributed by atoms with E-state index in [1.807, 2.05) is 6.07 Å². The Morgan fingerprint density at radius 2 is 1.86 bits per heavy atom. The Kier molecular flexibility index (Phi) is 4.39. The van der Waals surface area contributed by atoms with E-state index < -0.39 is 0 Å². The predicted molar refractivity (Wildman–Crippen MR) is 84.0 cm³/mol. The van der Waals surface area contributed by atoms with Crippen molar-refractivity contribution in [2.75, 3.05) is 31.1 Å². The van der Waals surface area contributed by atoms with Gasteiger partial charge in [0.1, 0.15) is 0 Å². The summed E-state index contributed by atoms with van der Waals surface area (Å²) < 4.78 is 0. The topological polar surface area (TPSA) is 58.4 Å². The first-order valence-corrected chi connectivity index (χ1v) is 8.00. The third-order valence-corrected chi connectivity index (χ3v) is 4.71. The summed E-state index contributed by atoms with van der Waals surface area (Å²) in [7, 11) is 0. The maximum Gasteiger partial charge on any atom is 0.273 e. The molecule has 5 nitrogen and oxygen atoms in total. The summed E-state index contributed by atoms with van der Waals surface area (Å²) in [6.07, 6.45) is 5.72. The van der Waals surface area contributed by atoms with Gasteiger partial charge in [0.2, 0.25) is 0 Å². The Morgan fingerprint density at radius 1 is 1.14 bits per heavy atom. The number of nitrogens with zero attached hydrogens (tertiary/aromatic N) is 2. The maximum absolute atomic E-state index is 11.3. The second-order valence-corrected chi connectivity index (χ2v) is 6.07. The van der Waals surface area contributed by atoms with E-state index in [0.717, 1.165) is 50.3 Å². The van der Waals surface area contributed by atoms with E-state index >= 15 is 0 Å². The summed E-state index contributed by atoms with van der Waals surface area (Å²) in [6, 6.07) is 5.72. The third-order valence-electron chi connectivity index (χ3n) is 4.71. The second-order valence-electron chi connectivity index (χ2n) is 6.07. The van der Waals surface area contributed by atoms with Gasteiger partial charge in [0.15, 0.2) is 0 Å². The summed E-state index contributed by atoms with van der Waals surface area (Å²) in [6.45, 7) is 4.05. The zero-order valence-corrected chi connectivity index (χ0v) is 12.4. The van der Waals surface area contributed by atoms with Crippen LogP contribution in [0.3, 0.4) is 0 Å². The van der Waals surface area contributed by atoms with Gasteiger partial charge in [-0.25, -0.2) is 0 Å². The van der Waals surface area contributed by atoms with Crippen LogP contribution in [0.25, 0.3) is 0 Å². The van der Waals surface area contributed by atoms with Crippen molar-refractivity contribution in [3.05, 3.63) is 33.9 Å². The van der Waals surface area contributed by atoms with Gasteiger partial charge in [0.05, 0.1) is 4.92 Å². The van der Waals surface area contributed by atoms with E-state index in [2.05, 4.69) is 16.3 Å². The summed E-state index contributed by atoms with van der Waals surface area (Å²) >= 11 is 0. The molecule has 114 valence electrons. The minimum atomic E-state index is -0.225.